The average molecular weight is 489 g/mol. The van der Waals surface area contributed by atoms with Crippen molar-refractivity contribution in [1.29, 1.82) is 0 Å². The molecule has 0 aliphatic rings. The van der Waals surface area contributed by atoms with Crippen LogP contribution in [0.2, 0.25) is 0 Å². The Morgan fingerprint density at radius 2 is 1.39 bits per heavy atom. The third kappa shape index (κ3) is 3.33. The number of nitrogens with zero attached hydrogens (tertiary/aromatic N) is 2. The van der Waals surface area contributed by atoms with Crippen LogP contribution in [0.3, 0.4) is 0 Å². The van der Waals surface area contributed by atoms with Crippen molar-refractivity contribution in [3.8, 4) is 0 Å². The standard InChI is InChI=1S/C17H12BrF2IN2/c1-10-15(18)17(21)22-23(10)16(11-2-6-13(19)7-3-11)12-4-8-14(20)9-5-12/h2-9,16H,1H3. The zero-order valence-corrected chi connectivity index (χ0v) is 15.8. The first-order valence-electron chi connectivity index (χ1n) is 6.88. The third-order valence-corrected chi connectivity index (χ3v) is 6.10. The van der Waals surface area contributed by atoms with Crippen molar-refractivity contribution >= 4 is 38.5 Å². The Kier molecular flexibility index (Phi) is 4.82. The molecule has 2 aromatic carbocycles. The van der Waals surface area contributed by atoms with E-state index in [2.05, 4.69) is 43.6 Å². The molecule has 23 heavy (non-hydrogen) atoms. The molecule has 0 amide bonds. The predicted molar refractivity (Wildman–Crippen MR) is 97.4 cm³/mol. The van der Waals surface area contributed by atoms with Crippen LogP contribution in [0.15, 0.2) is 53.0 Å². The number of rotatable bonds is 3. The van der Waals surface area contributed by atoms with E-state index in [1.54, 1.807) is 24.3 Å². The Morgan fingerprint density at radius 1 is 0.957 bits per heavy atom. The molecule has 1 heterocycles. The van der Waals surface area contributed by atoms with Gasteiger partial charge in [0.15, 0.2) is 0 Å². The lowest BCUT2D eigenvalue weighted by atomic mass is 9.98. The molecule has 3 rings (SSSR count). The van der Waals surface area contributed by atoms with Gasteiger partial charge in [-0.1, -0.05) is 24.3 Å². The summed E-state index contributed by atoms with van der Waals surface area (Å²) in [5.41, 5.74) is 2.72. The molecule has 3 aromatic rings. The Balaban J connectivity index is 2.18. The summed E-state index contributed by atoms with van der Waals surface area (Å²) in [7, 11) is 0. The molecule has 0 saturated carbocycles. The van der Waals surface area contributed by atoms with Gasteiger partial charge < -0.3 is 0 Å². The normalized spacial score (nSPS) is 11.2. The van der Waals surface area contributed by atoms with Crippen LogP contribution in [0.25, 0.3) is 0 Å². The molecule has 0 aliphatic carbocycles. The summed E-state index contributed by atoms with van der Waals surface area (Å²) in [5, 5.41) is 4.58. The predicted octanol–water partition coefficient (Wildman–Crippen LogP) is 5.47. The Hall–Kier alpha value is -1.28. The van der Waals surface area contributed by atoms with Crippen molar-refractivity contribution in [3.05, 3.63) is 85.2 Å². The van der Waals surface area contributed by atoms with E-state index in [0.29, 0.717) is 0 Å². The van der Waals surface area contributed by atoms with E-state index in [0.717, 1.165) is 25.0 Å². The molecule has 0 atom stereocenters. The maximum absolute atomic E-state index is 13.3. The quantitative estimate of drug-likeness (QED) is 0.447. The zero-order valence-electron chi connectivity index (χ0n) is 12.1. The van der Waals surface area contributed by atoms with Crippen molar-refractivity contribution in [1.82, 2.24) is 9.78 Å². The second-order valence-electron chi connectivity index (χ2n) is 5.14. The molecule has 0 bridgehead atoms. The number of hydrogen-bond donors (Lipinski definition) is 0. The van der Waals surface area contributed by atoms with Gasteiger partial charge in [0.1, 0.15) is 21.4 Å². The number of aromatic nitrogens is 2. The van der Waals surface area contributed by atoms with Gasteiger partial charge in [0.2, 0.25) is 0 Å². The summed E-state index contributed by atoms with van der Waals surface area (Å²) in [4.78, 5) is 0. The van der Waals surface area contributed by atoms with Crippen molar-refractivity contribution in [3.63, 3.8) is 0 Å². The first-order chi connectivity index (χ1) is 11.0. The summed E-state index contributed by atoms with van der Waals surface area (Å²) >= 11 is 5.68. The fraction of sp³-hybridized carbons (Fsp3) is 0.118. The molecule has 6 heteroatoms. The minimum absolute atomic E-state index is 0.254. The van der Waals surface area contributed by atoms with Crippen LogP contribution in [0.5, 0.6) is 0 Å². The monoisotopic (exact) mass is 488 g/mol. The summed E-state index contributed by atoms with van der Waals surface area (Å²) in [5.74, 6) is -0.584. The highest BCUT2D eigenvalue weighted by Gasteiger charge is 2.22. The highest BCUT2D eigenvalue weighted by Crippen LogP contribution is 2.32. The van der Waals surface area contributed by atoms with Crippen molar-refractivity contribution in [2.24, 2.45) is 0 Å². The number of halogens is 4. The molecule has 1 aromatic heterocycles. The summed E-state index contributed by atoms with van der Waals surface area (Å²) in [6, 6.07) is 12.3. The van der Waals surface area contributed by atoms with Crippen LogP contribution in [0.4, 0.5) is 8.78 Å². The molecule has 0 aliphatic heterocycles. The van der Waals surface area contributed by atoms with Crippen LogP contribution in [0.1, 0.15) is 22.9 Å². The average Bonchev–Trinajstić information content (AvgIpc) is 2.79. The fourth-order valence-electron chi connectivity index (χ4n) is 2.48. The molecule has 0 spiro atoms. The van der Waals surface area contributed by atoms with Gasteiger partial charge in [-0.25, -0.2) is 8.78 Å². The van der Waals surface area contributed by atoms with Gasteiger partial charge in [-0.3, -0.25) is 4.68 Å². The van der Waals surface area contributed by atoms with E-state index in [9.17, 15) is 8.78 Å². The van der Waals surface area contributed by atoms with Gasteiger partial charge in [0.05, 0.1) is 10.2 Å². The molecular weight excluding hydrogens is 477 g/mol. The van der Waals surface area contributed by atoms with Crippen LogP contribution in [0, 0.1) is 22.3 Å². The van der Waals surface area contributed by atoms with E-state index >= 15 is 0 Å². The number of benzene rings is 2. The molecule has 2 nitrogen and oxygen atoms in total. The lowest BCUT2D eigenvalue weighted by molar-refractivity contribution is 0.569. The first kappa shape index (κ1) is 16.6. The fourth-order valence-corrected chi connectivity index (χ4v) is 3.36. The molecular formula is C17H12BrF2IN2. The maximum atomic E-state index is 13.3. The second kappa shape index (κ2) is 6.68. The van der Waals surface area contributed by atoms with Gasteiger partial charge in [-0.2, -0.15) is 5.10 Å². The molecule has 0 fully saturated rings. The van der Waals surface area contributed by atoms with Crippen LogP contribution < -0.4 is 0 Å². The molecule has 0 unspecified atom stereocenters. The maximum Gasteiger partial charge on any atom is 0.137 e. The Labute approximate surface area is 154 Å². The second-order valence-corrected chi connectivity index (χ2v) is 6.96. The smallest absolute Gasteiger partial charge is 0.137 e. The lowest BCUT2D eigenvalue weighted by Gasteiger charge is -2.20. The van der Waals surface area contributed by atoms with Gasteiger partial charge in [-0.15, -0.1) is 0 Å². The summed E-state index contributed by atoms with van der Waals surface area (Å²) < 4.78 is 30.2. The topological polar surface area (TPSA) is 17.8 Å². The van der Waals surface area contributed by atoms with Crippen LogP contribution >= 0.6 is 38.5 Å². The third-order valence-electron chi connectivity index (χ3n) is 3.65. The Bertz CT molecular complexity index is 784. The lowest BCUT2D eigenvalue weighted by Crippen LogP contribution is -2.15. The van der Waals surface area contributed by atoms with Crippen LogP contribution in [-0.2, 0) is 0 Å². The molecule has 0 radical (unpaired) electrons. The minimum atomic E-state index is -0.292. The number of hydrogen-bond acceptors (Lipinski definition) is 1. The SMILES string of the molecule is Cc1c(Br)c(I)nn1C(c1ccc(F)cc1)c1ccc(F)cc1. The van der Waals surface area contributed by atoms with Crippen molar-refractivity contribution in [2.45, 2.75) is 13.0 Å². The van der Waals surface area contributed by atoms with E-state index in [-0.39, 0.29) is 17.7 Å². The highest BCUT2D eigenvalue weighted by atomic mass is 127. The summed E-state index contributed by atoms with van der Waals surface area (Å²) in [6.07, 6.45) is 0. The minimum Gasteiger partial charge on any atom is -0.256 e. The van der Waals surface area contributed by atoms with Gasteiger partial charge in [0, 0.05) is 0 Å². The Morgan fingerprint density at radius 3 is 1.74 bits per heavy atom. The van der Waals surface area contributed by atoms with Crippen molar-refractivity contribution < 1.29 is 8.78 Å². The van der Waals surface area contributed by atoms with Gasteiger partial charge in [0.25, 0.3) is 0 Å². The van der Waals surface area contributed by atoms with Gasteiger partial charge in [-0.05, 0) is 80.8 Å². The van der Waals surface area contributed by atoms with E-state index < -0.39 is 0 Å². The zero-order chi connectivity index (χ0) is 16.6. The van der Waals surface area contributed by atoms with Crippen molar-refractivity contribution in [2.75, 3.05) is 0 Å². The van der Waals surface area contributed by atoms with Crippen LogP contribution in [-0.4, -0.2) is 9.78 Å². The molecule has 0 N–H and O–H groups in total. The molecule has 0 saturated heterocycles. The summed E-state index contributed by atoms with van der Waals surface area (Å²) in [6.45, 7) is 1.96. The first-order valence-corrected chi connectivity index (χ1v) is 8.75. The highest BCUT2D eigenvalue weighted by molar-refractivity contribution is 14.1. The van der Waals surface area contributed by atoms with Gasteiger partial charge >= 0.3 is 0 Å². The van der Waals surface area contributed by atoms with E-state index in [1.165, 1.54) is 24.3 Å². The van der Waals surface area contributed by atoms with E-state index in [4.69, 9.17) is 0 Å². The largest absolute Gasteiger partial charge is 0.256 e. The van der Waals surface area contributed by atoms with E-state index in [1.807, 2.05) is 11.6 Å². The molecule has 118 valence electrons.